The Labute approximate surface area is 125 Å². The van der Waals surface area contributed by atoms with Crippen molar-refractivity contribution < 1.29 is 0 Å². The molecule has 0 fully saturated rings. The minimum absolute atomic E-state index is 0.176. The van der Waals surface area contributed by atoms with E-state index in [1.54, 1.807) is 0 Å². The summed E-state index contributed by atoms with van der Waals surface area (Å²) in [6.07, 6.45) is 3.96. The molecule has 2 aromatic heterocycles. The second-order valence-corrected chi connectivity index (χ2v) is 5.48. The lowest BCUT2D eigenvalue weighted by atomic mass is 9.94. The fraction of sp³-hybridized carbons (Fsp3) is 0.278. The van der Waals surface area contributed by atoms with E-state index in [4.69, 9.17) is 0 Å². The zero-order valence-corrected chi connectivity index (χ0v) is 12.8. The van der Waals surface area contributed by atoms with E-state index < -0.39 is 0 Å². The molecule has 1 aromatic carbocycles. The predicted octanol–water partition coefficient (Wildman–Crippen LogP) is 3.65. The van der Waals surface area contributed by atoms with Crippen LogP contribution in [0.1, 0.15) is 35.2 Å². The third kappa shape index (κ3) is 2.57. The topological polar surface area (TPSA) is 29.3 Å². The van der Waals surface area contributed by atoms with Gasteiger partial charge in [0.2, 0.25) is 0 Å². The normalized spacial score (nSPS) is 12.7. The molecule has 108 valence electrons. The molecule has 1 atom stereocenters. The van der Waals surface area contributed by atoms with Crippen LogP contribution < -0.4 is 5.32 Å². The van der Waals surface area contributed by atoms with Crippen molar-refractivity contribution in [2.24, 2.45) is 0 Å². The van der Waals surface area contributed by atoms with Crippen molar-refractivity contribution in [2.75, 3.05) is 6.54 Å². The smallest absolute Gasteiger partial charge is 0.0712 e. The number of fused-ring (bicyclic) bond motifs is 1. The van der Waals surface area contributed by atoms with Crippen LogP contribution in [0.3, 0.4) is 0 Å². The summed E-state index contributed by atoms with van der Waals surface area (Å²) in [4.78, 5) is 0. The first-order valence-corrected chi connectivity index (χ1v) is 7.43. The van der Waals surface area contributed by atoms with Crippen molar-refractivity contribution in [1.29, 1.82) is 0 Å². The molecule has 21 heavy (non-hydrogen) atoms. The standard InChI is InChI=1S/C18H21N3/c1-4-19-18(15-9-8-13(2)11-14(15)3)16-12-20-21-10-6-5-7-17(16)21/h5-12,18-19H,4H2,1-3H3. The lowest BCUT2D eigenvalue weighted by molar-refractivity contribution is 0.631. The summed E-state index contributed by atoms with van der Waals surface area (Å²) in [7, 11) is 0. The van der Waals surface area contributed by atoms with Crippen LogP contribution in [0, 0.1) is 13.8 Å². The Morgan fingerprint density at radius 3 is 2.76 bits per heavy atom. The maximum Gasteiger partial charge on any atom is 0.0712 e. The van der Waals surface area contributed by atoms with Crippen molar-refractivity contribution >= 4 is 5.52 Å². The SMILES string of the molecule is CCNC(c1ccc(C)cc1C)c1cnn2ccccc12. The van der Waals surface area contributed by atoms with Crippen LogP contribution in [-0.4, -0.2) is 16.2 Å². The van der Waals surface area contributed by atoms with Gasteiger partial charge in [0, 0.05) is 11.8 Å². The summed E-state index contributed by atoms with van der Waals surface area (Å²) in [6, 6.07) is 13.0. The zero-order chi connectivity index (χ0) is 14.8. The fourth-order valence-corrected chi connectivity index (χ4v) is 2.92. The summed E-state index contributed by atoms with van der Waals surface area (Å²) >= 11 is 0. The Morgan fingerprint density at radius 1 is 1.14 bits per heavy atom. The lowest BCUT2D eigenvalue weighted by Gasteiger charge is -2.20. The third-order valence-electron chi connectivity index (χ3n) is 3.91. The Hall–Kier alpha value is -2.13. The first-order valence-electron chi connectivity index (χ1n) is 7.43. The number of aryl methyl sites for hydroxylation is 2. The molecular weight excluding hydrogens is 258 g/mol. The number of rotatable bonds is 4. The lowest BCUT2D eigenvalue weighted by Crippen LogP contribution is -2.22. The second kappa shape index (κ2) is 5.70. The third-order valence-corrected chi connectivity index (χ3v) is 3.91. The van der Waals surface area contributed by atoms with Crippen molar-refractivity contribution in [3.8, 4) is 0 Å². The van der Waals surface area contributed by atoms with Gasteiger partial charge >= 0.3 is 0 Å². The van der Waals surface area contributed by atoms with Crippen molar-refractivity contribution in [3.05, 3.63) is 71.0 Å². The monoisotopic (exact) mass is 279 g/mol. The van der Waals surface area contributed by atoms with Gasteiger partial charge in [-0.3, -0.25) is 0 Å². The molecule has 0 amide bonds. The molecule has 0 saturated carbocycles. The van der Waals surface area contributed by atoms with E-state index in [0.717, 1.165) is 12.1 Å². The summed E-state index contributed by atoms with van der Waals surface area (Å²) in [5, 5.41) is 8.07. The molecule has 0 aliphatic heterocycles. The van der Waals surface area contributed by atoms with Gasteiger partial charge in [-0.2, -0.15) is 5.10 Å². The van der Waals surface area contributed by atoms with E-state index in [2.05, 4.69) is 61.5 Å². The van der Waals surface area contributed by atoms with Gasteiger partial charge < -0.3 is 5.32 Å². The minimum atomic E-state index is 0.176. The Balaban J connectivity index is 2.13. The molecule has 3 rings (SSSR count). The van der Waals surface area contributed by atoms with Crippen molar-refractivity contribution in [1.82, 2.24) is 14.9 Å². The second-order valence-electron chi connectivity index (χ2n) is 5.48. The van der Waals surface area contributed by atoms with Gasteiger partial charge in [0.15, 0.2) is 0 Å². The predicted molar refractivity (Wildman–Crippen MR) is 86.6 cm³/mol. The maximum absolute atomic E-state index is 4.47. The molecule has 3 nitrogen and oxygen atoms in total. The van der Waals surface area contributed by atoms with Crippen LogP contribution in [0.2, 0.25) is 0 Å². The van der Waals surface area contributed by atoms with E-state index in [0.29, 0.717) is 0 Å². The molecule has 1 N–H and O–H groups in total. The van der Waals surface area contributed by atoms with Gasteiger partial charge in [-0.25, -0.2) is 4.52 Å². The van der Waals surface area contributed by atoms with Gasteiger partial charge in [0.25, 0.3) is 0 Å². The highest BCUT2D eigenvalue weighted by molar-refractivity contribution is 5.57. The van der Waals surface area contributed by atoms with E-state index in [1.165, 1.54) is 22.3 Å². The quantitative estimate of drug-likeness (QED) is 0.790. The van der Waals surface area contributed by atoms with Crippen molar-refractivity contribution in [2.45, 2.75) is 26.8 Å². The molecule has 2 heterocycles. The average molecular weight is 279 g/mol. The molecule has 0 aliphatic rings. The van der Waals surface area contributed by atoms with Crippen LogP contribution in [0.4, 0.5) is 0 Å². The molecule has 3 aromatic rings. The highest BCUT2D eigenvalue weighted by Gasteiger charge is 2.19. The van der Waals surface area contributed by atoms with Crippen LogP contribution in [-0.2, 0) is 0 Å². The van der Waals surface area contributed by atoms with E-state index >= 15 is 0 Å². The number of benzene rings is 1. The van der Waals surface area contributed by atoms with Gasteiger partial charge in [-0.15, -0.1) is 0 Å². The van der Waals surface area contributed by atoms with Gasteiger partial charge in [-0.05, 0) is 43.7 Å². The largest absolute Gasteiger partial charge is 0.306 e. The number of nitrogens with zero attached hydrogens (tertiary/aromatic N) is 2. The number of aromatic nitrogens is 2. The Bertz CT molecular complexity index is 758. The minimum Gasteiger partial charge on any atom is -0.306 e. The Kier molecular flexibility index (Phi) is 3.76. The van der Waals surface area contributed by atoms with Crippen LogP contribution >= 0.6 is 0 Å². The van der Waals surface area contributed by atoms with Crippen LogP contribution in [0.5, 0.6) is 0 Å². The van der Waals surface area contributed by atoms with Crippen LogP contribution in [0.15, 0.2) is 48.8 Å². The molecule has 0 bridgehead atoms. The summed E-state index contributed by atoms with van der Waals surface area (Å²) in [5.74, 6) is 0. The molecule has 3 heteroatoms. The summed E-state index contributed by atoms with van der Waals surface area (Å²) < 4.78 is 1.93. The molecule has 0 radical (unpaired) electrons. The highest BCUT2D eigenvalue weighted by Crippen LogP contribution is 2.28. The maximum atomic E-state index is 4.47. The molecule has 1 unspecified atom stereocenters. The number of nitrogens with one attached hydrogen (secondary N) is 1. The number of pyridine rings is 1. The van der Waals surface area contributed by atoms with Gasteiger partial charge in [-0.1, -0.05) is 36.8 Å². The molecule has 0 spiro atoms. The molecule has 0 saturated heterocycles. The summed E-state index contributed by atoms with van der Waals surface area (Å²) in [5.41, 5.74) is 6.32. The number of hydrogen-bond donors (Lipinski definition) is 1. The van der Waals surface area contributed by atoms with E-state index in [9.17, 15) is 0 Å². The fourth-order valence-electron chi connectivity index (χ4n) is 2.92. The number of hydrogen-bond acceptors (Lipinski definition) is 2. The zero-order valence-electron chi connectivity index (χ0n) is 12.8. The van der Waals surface area contributed by atoms with Crippen LogP contribution in [0.25, 0.3) is 5.52 Å². The van der Waals surface area contributed by atoms with E-state index in [1.807, 2.05) is 23.0 Å². The highest BCUT2D eigenvalue weighted by atomic mass is 15.2. The first-order chi connectivity index (χ1) is 10.2. The average Bonchev–Trinajstić information content (AvgIpc) is 2.89. The van der Waals surface area contributed by atoms with E-state index in [-0.39, 0.29) is 6.04 Å². The molecular formula is C18H21N3. The van der Waals surface area contributed by atoms with Gasteiger partial charge in [0.1, 0.15) is 0 Å². The summed E-state index contributed by atoms with van der Waals surface area (Å²) in [6.45, 7) is 7.37. The van der Waals surface area contributed by atoms with Crippen molar-refractivity contribution in [3.63, 3.8) is 0 Å². The molecule has 0 aliphatic carbocycles. The first kappa shape index (κ1) is 13.8. The Morgan fingerprint density at radius 2 is 2.00 bits per heavy atom. The van der Waals surface area contributed by atoms with Gasteiger partial charge in [0.05, 0.1) is 17.8 Å².